The summed E-state index contributed by atoms with van der Waals surface area (Å²) in [6, 6.07) is 6.93. The molecule has 134 valence electrons. The number of nitrogens with zero attached hydrogens (tertiary/aromatic N) is 4. The topological polar surface area (TPSA) is 118 Å². The van der Waals surface area contributed by atoms with E-state index in [1.807, 2.05) is 24.3 Å². The first-order valence-electron chi connectivity index (χ1n) is 8.08. The van der Waals surface area contributed by atoms with E-state index in [0.29, 0.717) is 13.0 Å². The van der Waals surface area contributed by atoms with Gasteiger partial charge in [0, 0.05) is 31.8 Å². The lowest BCUT2D eigenvalue weighted by molar-refractivity contribution is -0.128. The zero-order valence-electron chi connectivity index (χ0n) is 14.2. The van der Waals surface area contributed by atoms with Crippen LogP contribution in [-0.4, -0.2) is 42.6 Å². The summed E-state index contributed by atoms with van der Waals surface area (Å²) in [7, 11) is 0. The molecule has 0 aliphatic heterocycles. The second kappa shape index (κ2) is 8.06. The van der Waals surface area contributed by atoms with E-state index in [-0.39, 0.29) is 11.8 Å². The molecule has 3 N–H and O–H groups in total. The van der Waals surface area contributed by atoms with E-state index in [9.17, 15) is 9.59 Å². The van der Waals surface area contributed by atoms with Crippen molar-refractivity contribution in [1.82, 2.24) is 35.4 Å². The molecule has 3 rings (SSSR count). The largest absolute Gasteiger partial charge is 0.350 e. The van der Waals surface area contributed by atoms with Gasteiger partial charge in [0.25, 0.3) is 0 Å². The van der Waals surface area contributed by atoms with Gasteiger partial charge in [-0.15, -0.1) is 0 Å². The van der Waals surface area contributed by atoms with Gasteiger partial charge in [-0.3, -0.25) is 9.59 Å². The minimum Gasteiger partial charge on any atom is -0.350 e. The second-order valence-electron chi connectivity index (χ2n) is 5.76. The minimum atomic E-state index is -0.664. The van der Waals surface area contributed by atoms with Crippen LogP contribution in [0, 0.1) is 0 Å². The van der Waals surface area contributed by atoms with Gasteiger partial charge in [-0.05, 0) is 17.7 Å². The molecule has 0 aliphatic carbocycles. The summed E-state index contributed by atoms with van der Waals surface area (Å²) >= 11 is 0. The van der Waals surface area contributed by atoms with Gasteiger partial charge in [-0.1, -0.05) is 12.1 Å². The van der Waals surface area contributed by atoms with Crippen LogP contribution in [0.4, 0.5) is 0 Å². The summed E-state index contributed by atoms with van der Waals surface area (Å²) in [5.41, 5.74) is 2.59. The van der Waals surface area contributed by atoms with Crippen LogP contribution in [0.15, 0.2) is 49.4 Å². The van der Waals surface area contributed by atoms with Gasteiger partial charge in [0.1, 0.15) is 18.7 Å². The third kappa shape index (κ3) is 4.53. The molecule has 2 amide bonds. The molecule has 0 radical (unpaired) electrons. The molecule has 0 bridgehead atoms. The lowest BCUT2D eigenvalue weighted by Gasteiger charge is -2.17. The monoisotopic (exact) mass is 353 g/mol. The Morgan fingerprint density at radius 2 is 2.04 bits per heavy atom. The number of carbonyl (C=O) groups is 2. The highest BCUT2D eigenvalue weighted by atomic mass is 16.2. The summed E-state index contributed by atoms with van der Waals surface area (Å²) in [6.45, 7) is 1.74. The summed E-state index contributed by atoms with van der Waals surface area (Å²) < 4.78 is 1.65. The van der Waals surface area contributed by atoms with Crippen LogP contribution in [-0.2, 0) is 22.6 Å². The Morgan fingerprint density at radius 1 is 1.23 bits per heavy atom. The normalized spacial score (nSPS) is 11.7. The molecule has 0 saturated carbocycles. The third-order valence-corrected chi connectivity index (χ3v) is 3.76. The fraction of sp³-hybridized carbons (Fsp3) is 0.235. The van der Waals surface area contributed by atoms with E-state index in [2.05, 4.69) is 30.7 Å². The number of benzene rings is 1. The van der Waals surface area contributed by atoms with Gasteiger partial charge in [-0.2, -0.15) is 5.10 Å². The number of carbonyl (C=O) groups excluding carboxylic acids is 2. The number of hydrogen-bond acceptors (Lipinski definition) is 5. The first-order chi connectivity index (χ1) is 12.6. The predicted molar refractivity (Wildman–Crippen MR) is 93.1 cm³/mol. The molecule has 0 aliphatic rings. The molecule has 0 saturated heterocycles. The number of H-pyrrole nitrogens is 1. The number of rotatable bonds is 7. The first kappa shape index (κ1) is 17.3. The van der Waals surface area contributed by atoms with Crippen LogP contribution >= 0.6 is 0 Å². The Kier molecular flexibility index (Phi) is 5.37. The summed E-state index contributed by atoms with van der Waals surface area (Å²) in [4.78, 5) is 34.6. The molecule has 9 heteroatoms. The Bertz CT molecular complexity index is 842. The quantitative estimate of drug-likeness (QED) is 0.567. The molecule has 0 spiro atoms. The highest BCUT2D eigenvalue weighted by Gasteiger charge is 2.20. The Labute approximate surface area is 149 Å². The maximum atomic E-state index is 12.4. The van der Waals surface area contributed by atoms with Crippen LogP contribution in [0.1, 0.15) is 18.2 Å². The van der Waals surface area contributed by atoms with E-state index < -0.39 is 6.04 Å². The second-order valence-corrected chi connectivity index (χ2v) is 5.76. The molecule has 2 heterocycles. The van der Waals surface area contributed by atoms with Crippen molar-refractivity contribution in [2.45, 2.75) is 25.9 Å². The summed E-state index contributed by atoms with van der Waals surface area (Å²) in [5.74, 6) is -0.517. The Hall–Kier alpha value is -3.49. The minimum absolute atomic E-state index is 0.254. The highest BCUT2D eigenvalue weighted by molar-refractivity contribution is 5.87. The molecule has 1 aromatic carbocycles. The van der Waals surface area contributed by atoms with Gasteiger partial charge in [0.15, 0.2) is 0 Å². The predicted octanol–water partition coefficient (Wildman–Crippen LogP) is 0.354. The van der Waals surface area contributed by atoms with Crippen molar-refractivity contribution < 1.29 is 9.59 Å². The van der Waals surface area contributed by atoms with Crippen LogP contribution in [0.2, 0.25) is 0 Å². The molecule has 3 aromatic rings. The average Bonchev–Trinajstić information content (AvgIpc) is 3.33. The number of amides is 2. The molecular formula is C17H19N7O2. The molecule has 2 aromatic heterocycles. The van der Waals surface area contributed by atoms with E-state index >= 15 is 0 Å². The van der Waals surface area contributed by atoms with Crippen LogP contribution in [0.5, 0.6) is 0 Å². The molecule has 26 heavy (non-hydrogen) atoms. The standard InChI is InChI=1S/C17H19N7O2/c1-12(25)23-16(6-14-8-18-9-21-14)17(26)20-7-13-2-4-15(5-3-13)24-11-19-10-22-24/h2-5,8-11,16H,6-7H2,1H3,(H,18,21)(H,20,26)(H,23,25)/t16-/m0/s1. The lowest BCUT2D eigenvalue weighted by Crippen LogP contribution is -2.47. The summed E-state index contributed by atoms with van der Waals surface area (Å²) in [6.07, 6.45) is 6.59. The molecule has 9 nitrogen and oxygen atoms in total. The maximum absolute atomic E-state index is 12.4. The zero-order valence-corrected chi connectivity index (χ0v) is 14.2. The van der Waals surface area contributed by atoms with Crippen molar-refractivity contribution in [1.29, 1.82) is 0 Å². The van der Waals surface area contributed by atoms with Gasteiger partial charge < -0.3 is 15.6 Å². The van der Waals surface area contributed by atoms with E-state index in [0.717, 1.165) is 16.9 Å². The van der Waals surface area contributed by atoms with E-state index in [1.54, 1.807) is 17.2 Å². The molecule has 1 atom stereocenters. The van der Waals surface area contributed by atoms with Crippen molar-refractivity contribution in [2.75, 3.05) is 0 Å². The van der Waals surface area contributed by atoms with E-state index in [1.165, 1.54) is 19.6 Å². The fourth-order valence-electron chi connectivity index (χ4n) is 2.49. The number of aromatic amines is 1. The number of nitrogens with one attached hydrogen (secondary N) is 3. The van der Waals surface area contributed by atoms with Crippen LogP contribution in [0.25, 0.3) is 5.69 Å². The fourth-order valence-corrected chi connectivity index (χ4v) is 2.49. The van der Waals surface area contributed by atoms with Crippen LogP contribution < -0.4 is 10.6 Å². The number of aromatic nitrogens is 5. The molecule has 0 unspecified atom stereocenters. The van der Waals surface area contributed by atoms with Gasteiger partial charge in [0.2, 0.25) is 11.8 Å². The Balaban J connectivity index is 1.59. The van der Waals surface area contributed by atoms with Crippen molar-refractivity contribution >= 4 is 11.8 Å². The highest BCUT2D eigenvalue weighted by Crippen LogP contribution is 2.08. The zero-order chi connectivity index (χ0) is 18.4. The van der Waals surface area contributed by atoms with E-state index in [4.69, 9.17) is 0 Å². The molecular weight excluding hydrogens is 334 g/mol. The molecule has 0 fully saturated rings. The van der Waals surface area contributed by atoms with Crippen molar-refractivity contribution in [3.8, 4) is 5.69 Å². The van der Waals surface area contributed by atoms with Gasteiger partial charge >= 0.3 is 0 Å². The third-order valence-electron chi connectivity index (χ3n) is 3.76. The average molecular weight is 353 g/mol. The lowest BCUT2D eigenvalue weighted by atomic mass is 10.1. The van der Waals surface area contributed by atoms with Crippen molar-refractivity contribution in [2.24, 2.45) is 0 Å². The number of imidazole rings is 1. The van der Waals surface area contributed by atoms with Crippen LogP contribution in [0.3, 0.4) is 0 Å². The van der Waals surface area contributed by atoms with Gasteiger partial charge in [0.05, 0.1) is 12.0 Å². The SMILES string of the molecule is CC(=O)N[C@@H](Cc1cnc[nH]1)C(=O)NCc1ccc(-n2cncn2)cc1. The summed E-state index contributed by atoms with van der Waals surface area (Å²) in [5, 5.41) is 9.58. The first-order valence-corrected chi connectivity index (χ1v) is 8.08. The Morgan fingerprint density at radius 3 is 2.65 bits per heavy atom. The smallest absolute Gasteiger partial charge is 0.243 e. The van der Waals surface area contributed by atoms with Crippen molar-refractivity contribution in [3.63, 3.8) is 0 Å². The number of hydrogen-bond donors (Lipinski definition) is 3. The van der Waals surface area contributed by atoms with Gasteiger partial charge in [-0.25, -0.2) is 14.6 Å². The maximum Gasteiger partial charge on any atom is 0.243 e. The van der Waals surface area contributed by atoms with Crippen molar-refractivity contribution in [3.05, 3.63) is 60.7 Å².